The minimum Gasteiger partial charge on any atom is -0.475 e. The molecule has 3 rings (SSSR count). The van der Waals surface area contributed by atoms with Crippen molar-refractivity contribution in [2.24, 2.45) is 4.99 Å². The lowest BCUT2D eigenvalue weighted by Gasteiger charge is -2.19. The van der Waals surface area contributed by atoms with Gasteiger partial charge in [0.05, 0.1) is 30.7 Å². The number of unbranched alkanes of at least 4 members (excludes halogenated alkanes) is 1. The van der Waals surface area contributed by atoms with Crippen LogP contribution in [-0.2, 0) is 26.6 Å². The van der Waals surface area contributed by atoms with E-state index in [-0.39, 0.29) is 35.3 Å². The van der Waals surface area contributed by atoms with Crippen LogP contribution >= 0.6 is 0 Å². The second-order valence-corrected chi connectivity index (χ2v) is 7.85. The molecule has 1 aliphatic heterocycles. The van der Waals surface area contributed by atoms with E-state index in [1.54, 1.807) is 0 Å². The molecule has 2 aromatic rings. The summed E-state index contributed by atoms with van der Waals surface area (Å²) in [7, 11) is 1.25. The van der Waals surface area contributed by atoms with Gasteiger partial charge in [0.1, 0.15) is 6.61 Å². The third-order valence-electron chi connectivity index (χ3n) is 5.49. The molecule has 0 amide bonds. The van der Waals surface area contributed by atoms with Crippen molar-refractivity contribution in [2.75, 3.05) is 20.3 Å². The summed E-state index contributed by atoms with van der Waals surface area (Å²) in [6, 6.07) is 5.85. The van der Waals surface area contributed by atoms with Gasteiger partial charge in [-0.3, -0.25) is 4.79 Å². The van der Waals surface area contributed by atoms with Gasteiger partial charge in [-0.1, -0.05) is 31.9 Å². The zero-order valence-electron chi connectivity index (χ0n) is 18.5. The van der Waals surface area contributed by atoms with Gasteiger partial charge in [-0.25, -0.2) is 4.99 Å². The van der Waals surface area contributed by atoms with E-state index in [1.807, 2.05) is 6.92 Å². The summed E-state index contributed by atoms with van der Waals surface area (Å²) in [4.78, 5) is 16.6. The minimum absolute atomic E-state index is 0.0825. The number of alkyl halides is 6. The average Bonchev–Trinajstić information content (AvgIpc) is 3.32. The molecule has 0 spiro atoms. The first-order chi connectivity index (χ1) is 16.0. The number of rotatable bonds is 7. The number of benzene rings is 2. The Labute approximate surface area is 192 Å². The lowest BCUT2D eigenvalue weighted by molar-refractivity contribution is -0.144. The number of nitrogens with zero attached hydrogens (tertiary/aromatic N) is 1. The maximum Gasteiger partial charge on any atom is 0.416 e. The monoisotopic (exact) mass is 487 g/mol. The highest BCUT2D eigenvalue weighted by Gasteiger charge is 2.37. The summed E-state index contributed by atoms with van der Waals surface area (Å²) < 4.78 is 90.8. The van der Waals surface area contributed by atoms with Gasteiger partial charge in [0.15, 0.2) is 0 Å². The fraction of sp³-hybridized carbons (Fsp3) is 0.417. The zero-order valence-corrected chi connectivity index (χ0v) is 18.5. The molecule has 1 atom stereocenters. The molecule has 4 nitrogen and oxygen atoms in total. The van der Waals surface area contributed by atoms with E-state index in [0.29, 0.717) is 30.7 Å². The highest BCUT2D eigenvalue weighted by molar-refractivity contribution is 6.02. The van der Waals surface area contributed by atoms with Crippen LogP contribution in [0.3, 0.4) is 0 Å². The number of carbonyl (C=O) groups is 1. The van der Waals surface area contributed by atoms with Gasteiger partial charge < -0.3 is 9.47 Å². The number of hydrogen-bond acceptors (Lipinski definition) is 4. The maximum atomic E-state index is 13.4. The number of carbonyl (C=O) groups excluding carboxylic acids is 1. The van der Waals surface area contributed by atoms with Crippen molar-refractivity contribution in [2.45, 2.75) is 44.5 Å². The van der Waals surface area contributed by atoms with Crippen LogP contribution in [0, 0.1) is 0 Å². The predicted molar refractivity (Wildman–Crippen MR) is 114 cm³/mol. The van der Waals surface area contributed by atoms with Crippen molar-refractivity contribution < 1.29 is 40.6 Å². The quantitative estimate of drug-likeness (QED) is 0.326. The minimum atomic E-state index is -4.98. The van der Waals surface area contributed by atoms with Gasteiger partial charge in [0, 0.05) is 5.56 Å². The van der Waals surface area contributed by atoms with Gasteiger partial charge in [-0.05, 0) is 47.4 Å². The van der Waals surface area contributed by atoms with Crippen LogP contribution in [0.5, 0.6) is 0 Å². The van der Waals surface area contributed by atoms with Crippen LogP contribution in [0.4, 0.5) is 26.3 Å². The lowest BCUT2D eigenvalue weighted by atomic mass is 9.88. The third-order valence-corrected chi connectivity index (χ3v) is 5.49. The number of aliphatic imine (C=N–C) groups is 1. The Morgan fingerprint density at radius 1 is 1.03 bits per heavy atom. The Morgan fingerprint density at radius 3 is 2.18 bits per heavy atom. The molecule has 0 aliphatic carbocycles. The Hall–Kier alpha value is -3.04. The summed E-state index contributed by atoms with van der Waals surface area (Å²) in [5.74, 6) is -1.03. The van der Waals surface area contributed by atoms with Crippen LogP contribution in [0.1, 0.15) is 54.4 Å². The summed E-state index contributed by atoms with van der Waals surface area (Å²) in [5.41, 5.74) is -2.31. The fourth-order valence-corrected chi connectivity index (χ4v) is 3.79. The highest BCUT2D eigenvalue weighted by Crippen LogP contribution is 2.40. The molecule has 0 saturated carbocycles. The number of halogens is 6. The topological polar surface area (TPSA) is 47.9 Å². The van der Waals surface area contributed by atoms with Crippen LogP contribution in [0.2, 0.25) is 0 Å². The maximum absolute atomic E-state index is 13.4. The number of methoxy groups -OCH3 is 1. The van der Waals surface area contributed by atoms with E-state index in [1.165, 1.54) is 25.3 Å². The van der Waals surface area contributed by atoms with Crippen LogP contribution in [0.25, 0.3) is 11.1 Å². The molecule has 0 saturated heterocycles. The SMILES string of the molecule is CCCCC(C(=O)OC)c1ccc(-c2cc(C(F)(F)F)cc(C(F)(F)F)c2)c(C2=NCCO2)c1. The second-order valence-electron chi connectivity index (χ2n) is 7.85. The first-order valence-corrected chi connectivity index (χ1v) is 10.6. The van der Waals surface area contributed by atoms with Gasteiger partial charge in [0.25, 0.3) is 0 Å². The van der Waals surface area contributed by atoms with Gasteiger partial charge in [0.2, 0.25) is 5.90 Å². The van der Waals surface area contributed by atoms with Crippen molar-refractivity contribution in [3.8, 4) is 11.1 Å². The van der Waals surface area contributed by atoms with E-state index < -0.39 is 35.4 Å². The van der Waals surface area contributed by atoms with E-state index in [2.05, 4.69) is 4.99 Å². The Bertz CT molecular complexity index is 1040. The highest BCUT2D eigenvalue weighted by atomic mass is 19.4. The van der Waals surface area contributed by atoms with Crippen molar-refractivity contribution in [3.63, 3.8) is 0 Å². The standard InChI is InChI=1S/C24H23F6NO3/c1-3-4-5-19(22(32)33-2)14-6-7-18(20(12-14)21-31-8-9-34-21)15-10-16(23(25,26)27)13-17(11-15)24(28,29)30/h6-7,10-13,19H,3-5,8-9H2,1-2H3. The summed E-state index contributed by atoms with van der Waals surface area (Å²) >= 11 is 0. The average molecular weight is 487 g/mol. The van der Waals surface area contributed by atoms with Crippen LogP contribution in [0.15, 0.2) is 41.4 Å². The molecule has 0 fully saturated rings. The van der Waals surface area contributed by atoms with Crippen molar-refractivity contribution >= 4 is 11.9 Å². The number of esters is 1. The van der Waals surface area contributed by atoms with E-state index in [4.69, 9.17) is 9.47 Å². The summed E-state index contributed by atoms with van der Waals surface area (Å²) in [5, 5.41) is 0. The molecule has 0 aromatic heterocycles. The molecule has 0 N–H and O–H groups in total. The first kappa shape index (κ1) is 25.6. The molecule has 1 unspecified atom stereocenters. The fourth-order valence-electron chi connectivity index (χ4n) is 3.79. The molecule has 184 valence electrons. The van der Waals surface area contributed by atoms with Gasteiger partial charge >= 0.3 is 18.3 Å². The predicted octanol–water partition coefficient (Wildman–Crippen LogP) is 6.61. The number of hydrogen-bond donors (Lipinski definition) is 0. The summed E-state index contributed by atoms with van der Waals surface area (Å²) in [6.07, 6.45) is -7.95. The molecule has 1 aliphatic rings. The van der Waals surface area contributed by atoms with E-state index in [9.17, 15) is 31.1 Å². The summed E-state index contributed by atoms with van der Waals surface area (Å²) in [6.45, 7) is 2.48. The van der Waals surface area contributed by atoms with Crippen molar-refractivity contribution in [1.82, 2.24) is 0 Å². The van der Waals surface area contributed by atoms with Crippen molar-refractivity contribution in [3.05, 3.63) is 58.7 Å². The first-order valence-electron chi connectivity index (χ1n) is 10.6. The molecule has 34 heavy (non-hydrogen) atoms. The van der Waals surface area contributed by atoms with Crippen LogP contribution < -0.4 is 0 Å². The molecule has 0 bridgehead atoms. The van der Waals surface area contributed by atoms with Gasteiger partial charge in [-0.2, -0.15) is 26.3 Å². The Balaban J connectivity index is 2.21. The molecular weight excluding hydrogens is 464 g/mol. The number of ether oxygens (including phenoxy) is 2. The largest absolute Gasteiger partial charge is 0.475 e. The smallest absolute Gasteiger partial charge is 0.416 e. The van der Waals surface area contributed by atoms with Gasteiger partial charge in [-0.15, -0.1) is 0 Å². The van der Waals surface area contributed by atoms with E-state index >= 15 is 0 Å². The van der Waals surface area contributed by atoms with Crippen LogP contribution in [-0.4, -0.2) is 32.1 Å². The molecular formula is C24H23F6NO3. The Morgan fingerprint density at radius 2 is 1.68 bits per heavy atom. The normalized spacial score (nSPS) is 15.0. The second kappa shape index (κ2) is 10.1. The Kier molecular flexibility index (Phi) is 7.57. The van der Waals surface area contributed by atoms with Crippen molar-refractivity contribution in [1.29, 1.82) is 0 Å². The zero-order chi connectivity index (χ0) is 25.1. The van der Waals surface area contributed by atoms with E-state index in [0.717, 1.165) is 12.8 Å². The lowest BCUT2D eigenvalue weighted by Crippen LogP contribution is -2.16. The third kappa shape index (κ3) is 5.71. The molecule has 0 radical (unpaired) electrons. The molecule has 2 aromatic carbocycles. The molecule has 10 heteroatoms. The molecule has 1 heterocycles.